The van der Waals surface area contributed by atoms with Crippen LogP contribution >= 0.6 is 34.8 Å². The zero-order valence-electron chi connectivity index (χ0n) is 19.1. The third kappa shape index (κ3) is 7.94. The summed E-state index contributed by atoms with van der Waals surface area (Å²) in [5.41, 5.74) is 1.49. The minimum Gasteiger partial charge on any atom is -0.490 e. The average molecular weight is 520 g/mol. The number of alkyl halides is 1. The van der Waals surface area contributed by atoms with Crippen molar-refractivity contribution in [2.75, 3.05) is 32.8 Å². The SMILES string of the molecule is COC[C@H](COc1ccc(C(C)(C)c2cc(Cl)c(OC[C@@H](O)CCl)c(Cl)c2)cc1)OC(C)=O. The van der Waals surface area contributed by atoms with Gasteiger partial charge in [-0.2, -0.15) is 0 Å². The molecule has 0 amide bonds. The molecular formula is C24H29Cl3O6. The van der Waals surface area contributed by atoms with Gasteiger partial charge in [0.15, 0.2) is 11.9 Å². The van der Waals surface area contributed by atoms with Gasteiger partial charge in [-0.3, -0.25) is 4.79 Å². The molecule has 0 spiro atoms. The van der Waals surface area contributed by atoms with Crippen molar-refractivity contribution >= 4 is 40.8 Å². The Morgan fingerprint density at radius 2 is 1.61 bits per heavy atom. The molecule has 0 fully saturated rings. The van der Waals surface area contributed by atoms with Crippen molar-refractivity contribution in [1.82, 2.24) is 0 Å². The molecule has 33 heavy (non-hydrogen) atoms. The molecule has 9 heteroatoms. The van der Waals surface area contributed by atoms with E-state index < -0.39 is 17.6 Å². The predicted molar refractivity (Wildman–Crippen MR) is 130 cm³/mol. The van der Waals surface area contributed by atoms with Gasteiger partial charge in [-0.15, -0.1) is 11.6 Å². The lowest BCUT2D eigenvalue weighted by atomic mass is 9.78. The fourth-order valence-electron chi connectivity index (χ4n) is 3.14. The smallest absolute Gasteiger partial charge is 0.303 e. The normalized spacial score (nSPS) is 13.3. The molecule has 0 saturated heterocycles. The maximum absolute atomic E-state index is 11.2. The number of esters is 1. The second-order valence-corrected chi connectivity index (χ2v) is 9.16. The predicted octanol–water partition coefficient (Wildman–Crippen LogP) is 5.25. The van der Waals surface area contributed by atoms with Crippen molar-refractivity contribution in [3.8, 4) is 11.5 Å². The van der Waals surface area contributed by atoms with Crippen LogP contribution in [0.2, 0.25) is 10.0 Å². The van der Waals surface area contributed by atoms with E-state index in [1.54, 1.807) is 12.1 Å². The van der Waals surface area contributed by atoms with Gasteiger partial charge in [0.1, 0.15) is 25.1 Å². The maximum Gasteiger partial charge on any atom is 0.303 e. The highest BCUT2D eigenvalue weighted by Gasteiger charge is 2.26. The van der Waals surface area contributed by atoms with Crippen LogP contribution in [0.5, 0.6) is 11.5 Å². The van der Waals surface area contributed by atoms with Gasteiger partial charge in [0.05, 0.1) is 22.5 Å². The molecule has 0 radical (unpaired) electrons. The summed E-state index contributed by atoms with van der Waals surface area (Å²) in [4.78, 5) is 11.2. The summed E-state index contributed by atoms with van der Waals surface area (Å²) in [7, 11) is 1.54. The average Bonchev–Trinajstić information content (AvgIpc) is 2.76. The molecule has 0 unspecified atom stereocenters. The van der Waals surface area contributed by atoms with Crippen LogP contribution in [-0.2, 0) is 19.7 Å². The van der Waals surface area contributed by atoms with E-state index in [-0.39, 0.29) is 31.7 Å². The van der Waals surface area contributed by atoms with Crippen LogP contribution < -0.4 is 9.47 Å². The Bertz CT molecular complexity index is 894. The lowest BCUT2D eigenvalue weighted by Crippen LogP contribution is -2.28. The number of halogens is 3. The van der Waals surface area contributed by atoms with E-state index in [4.69, 9.17) is 53.8 Å². The van der Waals surface area contributed by atoms with Crippen molar-refractivity contribution in [3.05, 3.63) is 57.6 Å². The van der Waals surface area contributed by atoms with Crippen molar-refractivity contribution in [2.24, 2.45) is 0 Å². The van der Waals surface area contributed by atoms with Crippen molar-refractivity contribution in [2.45, 2.75) is 38.4 Å². The summed E-state index contributed by atoms with van der Waals surface area (Å²) in [5.74, 6) is 0.614. The van der Waals surface area contributed by atoms with Crippen LogP contribution in [0.25, 0.3) is 0 Å². The van der Waals surface area contributed by atoms with E-state index in [2.05, 4.69) is 13.8 Å². The number of hydrogen-bond acceptors (Lipinski definition) is 6. The fourth-order valence-corrected chi connectivity index (χ4v) is 3.83. The summed E-state index contributed by atoms with van der Waals surface area (Å²) in [6.07, 6.45) is -1.30. The number of aliphatic hydroxyl groups is 1. The number of ether oxygens (including phenoxy) is 4. The fraction of sp³-hybridized carbons (Fsp3) is 0.458. The topological polar surface area (TPSA) is 74.2 Å². The molecule has 6 nitrogen and oxygen atoms in total. The molecule has 2 aromatic rings. The lowest BCUT2D eigenvalue weighted by molar-refractivity contribution is -0.150. The number of carbonyl (C=O) groups excluding carboxylic acids is 1. The van der Waals surface area contributed by atoms with E-state index in [1.165, 1.54) is 14.0 Å². The second kappa shape index (κ2) is 12.7. The first kappa shape index (κ1) is 27.5. The summed E-state index contributed by atoms with van der Waals surface area (Å²) < 4.78 is 21.5. The van der Waals surface area contributed by atoms with Crippen molar-refractivity contribution in [1.29, 1.82) is 0 Å². The van der Waals surface area contributed by atoms with E-state index >= 15 is 0 Å². The summed E-state index contributed by atoms with van der Waals surface area (Å²) >= 11 is 18.4. The van der Waals surface area contributed by atoms with Gasteiger partial charge in [-0.1, -0.05) is 49.2 Å². The van der Waals surface area contributed by atoms with Crippen LogP contribution in [0.15, 0.2) is 36.4 Å². The Morgan fingerprint density at radius 1 is 1.00 bits per heavy atom. The molecular weight excluding hydrogens is 491 g/mol. The van der Waals surface area contributed by atoms with Gasteiger partial charge < -0.3 is 24.1 Å². The van der Waals surface area contributed by atoms with Crippen LogP contribution in [0, 0.1) is 0 Å². The van der Waals surface area contributed by atoms with Crippen molar-refractivity contribution < 1.29 is 28.8 Å². The van der Waals surface area contributed by atoms with Gasteiger partial charge in [0.25, 0.3) is 0 Å². The van der Waals surface area contributed by atoms with Gasteiger partial charge in [0.2, 0.25) is 0 Å². The van der Waals surface area contributed by atoms with Crippen LogP contribution in [0.4, 0.5) is 0 Å². The molecule has 0 aliphatic carbocycles. The summed E-state index contributed by atoms with van der Waals surface area (Å²) in [6, 6.07) is 11.2. The first-order valence-corrected chi connectivity index (χ1v) is 11.6. The Morgan fingerprint density at radius 3 is 2.12 bits per heavy atom. The third-order valence-corrected chi connectivity index (χ3v) is 5.93. The quantitative estimate of drug-likeness (QED) is 0.305. The van der Waals surface area contributed by atoms with E-state index in [1.807, 2.05) is 24.3 Å². The van der Waals surface area contributed by atoms with E-state index in [0.717, 1.165) is 11.1 Å². The minimum atomic E-state index is -0.811. The zero-order chi connectivity index (χ0) is 24.6. The Hall–Kier alpha value is -1.70. The molecule has 182 valence electrons. The van der Waals surface area contributed by atoms with Gasteiger partial charge in [-0.05, 0) is 35.4 Å². The highest BCUT2D eigenvalue weighted by Crippen LogP contribution is 2.40. The van der Waals surface area contributed by atoms with E-state index in [0.29, 0.717) is 21.5 Å². The molecule has 2 atom stereocenters. The lowest BCUT2D eigenvalue weighted by Gasteiger charge is -2.27. The maximum atomic E-state index is 11.2. The first-order chi connectivity index (χ1) is 15.6. The molecule has 1 N–H and O–H groups in total. The number of methoxy groups -OCH3 is 1. The molecule has 0 aromatic heterocycles. The van der Waals surface area contributed by atoms with Crippen molar-refractivity contribution in [3.63, 3.8) is 0 Å². The summed E-state index contributed by atoms with van der Waals surface area (Å²) in [6.45, 7) is 5.88. The van der Waals surface area contributed by atoms with Gasteiger partial charge >= 0.3 is 5.97 Å². The van der Waals surface area contributed by atoms with Gasteiger partial charge in [0, 0.05) is 19.4 Å². The Balaban J connectivity index is 2.14. The third-order valence-electron chi connectivity index (χ3n) is 5.02. The van der Waals surface area contributed by atoms with E-state index in [9.17, 15) is 9.90 Å². The highest BCUT2D eigenvalue weighted by molar-refractivity contribution is 6.37. The van der Waals surface area contributed by atoms with Crippen LogP contribution in [-0.4, -0.2) is 56.1 Å². The molecule has 0 saturated carbocycles. The number of aliphatic hydroxyl groups excluding tert-OH is 1. The highest BCUT2D eigenvalue weighted by atomic mass is 35.5. The standard InChI is InChI=1S/C24H29Cl3O6/c1-15(28)33-20(13-30-4)14-31-19-7-5-16(6-8-19)24(2,3)17-9-21(26)23(22(27)10-17)32-12-18(29)11-25/h5-10,18,20,29H,11-14H2,1-4H3/t18-,20+/m0/s1. The summed E-state index contributed by atoms with van der Waals surface area (Å²) in [5, 5.41) is 10.3. The largest absolute Gasteiger partial charge is 0.490 e. The molecule has 0 heterocycles. The Kier molecular flexibility index (Phi) is 10.6. The monoisotopic (exact) mass is 518 g/mol. The number of rotatable bonds is 12. The molecule has 0 bridgehead atoms. The van der Waals surface area contributed by atoms with Crippen LogP contribution in [0.3, 0.4) is 0 Å². The molecule has 0 aliphatic rings. The molecule has 2 aromatic carbocycles. The zero-order valence-corrected chi connectivity index (χ0v) is 21.3. The first-order valence-electron chi connectivity index (χ1n) is 10.3. The number of hydrogen-bond donors (Lipinski definition) is 1. The second-order valence-electron chi connectivity index (χ2n) is 8.04. The van der Waals surface area contributed by atoms with Crippen LogP contribution in [0.1, 0.15) is 31.9 Å². The van der Waals surface area contributed by atoms with Gasteiger partial charge in [-0.25, -0.2) is 0 Å². The number of benzene rings is 2. The minimum absolute atomic E-state index is 0.00413. The Labute approximate surface area is 209 Å². The molecule has 0 aliphatic heterocycles. The number of carbonyl (C=O) groups is 1. The molecule has 2 rings (SSSR count).